The molecule has 0 atom stereocenters. The molecule has 0 spiro atoms. The Labute approximate surface area is 242 Å². The van der Waals surface area contributed by atoms with Gasteiger partial charge in [-0.3, -0.25) is 13.8 Å². The van der Waals surface area contributed by atoms with Crippen molar-refractivity contribution in [3.05, 3.63) is 113 Å². The molecule has 0 aliphatic heterocycles. The van der Waals surface area contributed by atoms with Crippen LogP contribution in [0.1, 0.15) is 29.2 Å². The van der Waals surface area contributed by atoms with Crippen LogP contribution >= 0.6 is 0 Å². The summed E-state index contributed by atoms with van der Waals surface area (Å²) in [4.78, 5) is 13.2. The predicted octanol–water partition coefficient (Wildman–Crippen LogP) is 5.81. The van der Waals surface area contributed by atoms with Crippen molar-refractivity contribution in [1.82, 2.24) is 0 Å². The number of para-hydroxylation sites is 1. The minimum Gasteiger partial charge on any atom is -0.325 e. The lowest BCUT2D eigenvalue weighted by Gasteiger charge is -2.24. The van der Waals surface area contributed by atoms with Gasteiger partial charge in [0.25, 0.3) is 20.0 Å². The topological polar surface area (TPSA) is 113 Å². The summed E-state index contributed by atoms with van der Waals surface area (Å²) >= 11 is 0. The zero-order valence-corrected chi connectivity index (χ0v) is 25.0. The van der Waals surface area contributed by atoms with E-state index in [1.807, 2.05) is 58.0 Å². The van der Waals surface area contributed by atoms with Gasteiger partial charge >= 0.3 is 0 Å². The van der Waals surface area contributed by atoms with Crippen LogP contribution in [0.15, 0.2) is 101 Å². The highest BCUT2D eigenvalue weighted by molar-refractivity contribution is 7.93. The summed E-state index contributed by atoms with van der Waals surface area (Å²) in [5.41, 5.74) is 4.75. The average Bonchev–Trinajstić information content (AvgIpc) is 2.94. The molecule has 0 aliphatic rings. The Morgan fingerprint density at radius 3 is 1.85 bits per heavy atom. The van der Waals surface area contributed by atoms with Crippen LogP contribution in [0.3, 0.4) is 0 Å². The van der Waals surface area contributed by atoms with Gasteiger partial charge in [0.2, 0.25) is 5.91 Å². The molecule has 0 unspecified atom stereocenters. The van der Waals surface area contributed by atoms with E-state index < -0.39 is 32.5 Å². The average molecular weight is 592 g/mol. The molecule has 0 aromatic heterocycles. The number of hydrogen-bond donors (Lipinski definition) is 2. The normalized spacial score (nSPS) is 11.6. The van der Waals surface area contributed by atoms with Gasteiger partial charge in [0.05, 0.1) is 21.2 Å². The van der Waals surface area contributed by atoms with Crippen molar-refractivity contribution >= 4 is 43.0 Å². The molecular weight excluding hydrogens is 558 g/mol. The van der Waals surface area contributed by atoms with Gasteiger partial charge in [-0.25, -0.2) is 16.8 Å². The highest BCUT2D eigenvalue weighted by atomic mass is 32.2. The molecule has 10 heteroatoms. The van der Waals surface area contributed by atoms with Crippen LogP contribution < -0.4 is 14.3 Å². The summed E-state index contributed by atoms with van der Waals surface area (Å²) in [5, 5.41) is 2.68. The first-order valence-electron chi connectivity index (χ1n) is 13.1. The Hall–Kier alpha value is -4.15. The lowest BCUT2D eigenvalue weighted by Crippen LogP contribution is -2.38. The van der Waals surface area contributed by atoms with E-state index in [9.17, 15) is 21.6 Å². The first-order chi connectivity index (χ1) is 19.4. The Morgan fingerprint density at radius 1 is 0.732 bits per heavy atom. The second-order valence-electron chi connectivity index (χ2n) is 9.79. The number of rotatable bonds is 10. The SMILES string of the molecule is CCc1ccc(N(CC(=O)Nc2ccc(S(=O)(=O)Nc3c(C)cccc3C)cc2)S(=O)(=O)c2ccc(C)cc2)cc1. The summed E-state index contributed by atoms with van der Waals surface area (Å²) < 4.78 is 56.9. The van der Waals surface area contributed by atoms with Crippen LogP contribution in [0.4, 0.5) is 17.1 Å². The minimum absolute atomic E-state index is 0.0257. The molecule has 0 aliphatic carbocycles. The number of carbonyl (C=O) groups excluding carboxylic acids is 1. The monoisotopic (exact) mass is 591 g/mol. The summed E-state index contributed by atoms with van der Waals surface area (Å²) in [6.07, 6.45) is 0.789. The Bertz CT molecular complexity index is 1730. The lowest BCUT2D eigenvalue weighted by molar-refractivity contribution is -0.114. The second kappa shape index (κ2) is 12.2. The zero-order valence-electron chi connectivity index (χ0n) is 23.4. The van der Waals surface area contributed by atoms with Crippen molar-refractivity contribution in [2.75, 3.05) is 20.9 Å². The maximum absolute atomic E-state index is 13.6. The molecule has 4 rings (SSSR count). The van der Waals surface area contributed by atoms with E-state index in [-0.39, 0.29) is 9.79 Å². The highest BCUT2D eigenvalue weighted by Crippen LogP contribution is 2.26. The van der Waals surface area contributed by atoms with Crippen LogP contribution in [0.2, 0.25) is 0 Å². The molecule has 41 heavy (non-hydrogen) atoms. The van der Waals surface area contributed by atoms with Gasteiger partial charge < -0.3 is 5.32 Å². The molecule has 214 valence electrons. The number of hydrogen-bond acceptors (Lipinski definition) is 5. The molecule has 4 aromatic rings. The Balaban J connectivity index is 1.54. The van der Waals surface area contributed by atoms with Crippen LogP contribution in [-0.2, 0) is 31.3 Å². The van der Waals surface area contributed by atoms with Crippen molar-refractivity contribution in [1.29, 1.82) is 0 Å². The first-order valence-corrected chi connectivity index (χ1v) is 16.0. The van der Waals surface area contributed by atoms with Crippen molar-refractivity contribution in [3.63, 3.8) is 0 Å². The summed E-state index contributed by atoms with van der Waals surface area (Å²) in [6, 6.07) is 24.7. The molecule has 0 bridgehead atoms. The Kier molecular flexibility index (Phi) is 8.84. The van der Waals surface area contributed by atoms with E-state index in [1.54, 1.807) is 24.3 Å². The largest absolute Gasteiger partial charge is 0.325 e. The third kappa shape index (κ3) is 6.96. The lowest BCUT2D eigenvalue weighted by atomic mass is 10.1. The van der Waals surface area contributed by atoms with Crippen LogP contribution in [-0.4, -0.2) is 29.3 Å². The summed E-state index contributed by atoms with van der Waals surface area (Å²) in [7, 11) is -7.92. The highest BCUT2D eigenvalue weighted by Gasteiger charge is 2.27. The van der Waals surface area contributed by atoms with Gasteiger partial charge in [-0.2, -0.15) is 0 Å². The number of nitrogens with one attached hydrogen (secondary N) is 2. The number of amides is 1. The van der Waals surface area contributed by atoms with E-state index in [0.717, 1.165) is 33.0 Å². The maximum Gasteiger partial charge on any atom is 0.264 e. The summed E-state index contributed by atoms with van der Waals surface area (Å²) in [6.45, 7) is 7.03. The molecule has 8 nitrogen and oxygen atoms in total. The fraction of sp³-hybridized carbons (Fsp3) is 0.194. The van der Waals surface area contributed by atoms with Crippen molar-refractivity contribution in [2.45, 2.75) is 43.9 Å². The minimum atomic E-state index is -4.06. The van der Waals surface area contributed by atoms with E-state index >= 15 is 0 Å². The molecule has 0 saturated carbocycles. The number of sulfonamides is 2. The fourth-order valence-corrected chi connectivity index (χ4v) is 6.89. The predicted molar refractivity (Wildman–Crippen MR) is 163 cm³/mol. The maximum atomic E-state index is 13.6. The van der Waals surface area contributed by atoms with Gasteiger partial charge in [-0.15, -0.1) is 0 Å². The number of carbonyl (C=O) groups is 1. The first kappa shape index (κ1) is 29.8. The quantitative estimate of drug-likeness (QED) is 0.242. The molecule has 4 aromatic carbocycles. The number of aryl methyl sites for hydroxylation is 4. The molecule has 0 heterocycles. The van der Waals surface area contributed by atoms with Gasteiger partial charge in [0, 0.05) is 5.69 Å². The van der Waals surface area contributed by atoms with Crippen LogP contribution in [0.5, 0.6) is 0 Å². The van der Waals surface area contributed by atoms with Crippen LogP contribution in [0.25, 0.3) is 0 Å². The molecule has 0 saturated heterocycles. The summed E-state index contributed by atoms with van der Waals surface area (Å²) in [5.74, 6) is -0.579. The van der Waals surface area contributed by atoms with E-state index in [1.165, 1.54) is 36.4 Å². The van der Waals surface area contributed by atoms with E-state index in [4.69, 9.17) is 0 Å². The smallest absolute Gasteiger partial charge is 0.264 e. The Morgan fingerprint density at radius 2 is 1.29 bits per heavy atom. The third-order valence-electron chi connectivity index (χ3n) is 6.69. The third-order valence-corrected chi connectivity index (χ3v) is 9.85. The van der Waals surface area contributed by atoms with E-state index in [0.29, 0.717) is 17.1 Å². The van der Waals surface area contributed by atoms with Crippen molar-refractivity contribution < 1.29 is 21.6 Å². The van der Waals surface area contributed by atoms with Crippen LogP contribution in [0, 0.1) is 20.8 Å². The molecule has 0 fully saturated rings. The standard InChI is InChI=1S/C31H33N3O5S2/c1-5-25-11-15-27(16-12-25)34(41(38,39)29-17-9-22(2)10-18-29)21-30(35)32-26-13-19-28(20-14-26)40(36,37)33-31-23(3)7-6-8-24(31)4/h6-20,33H,5,21H2,1-4H3,(H,32,35). The van der Waals surface area contributed by atoms with Gasteiger partial charge in [0.15, 0.2) is 0 Å². The molecule has 2 N–H and O–H groups in total. The second-order valence-corrected chi connectivity index (χ2v) is 13.3. The van der Waals surface area contributed by atoms with Gasteiger partial charge in [0.1, 0.15) is 6.54 Å². The number of benzene rings is 4. The number of anilines is 3. The van der Waals surface area contributed by atoms with Gasteiger partial charge in [-0.1, -0.05) is 55.0 Å². The van der Waals surface area contributed by atoms with Crippen molar-refractivity contribution in [2.24, 2.45) is 0 Å². The fourth-order valence-electron chi connectivity index (χ4n) is 4.27. The van der Waals surface area contributed by atoms with Gasteiger partial charge in [-0.05, 0) is 92.4 Å². The number of nitrogens with zero attached hydrogens (tertiary/aromatic N) is 1. The molecule has 0 radical (unpaired) electrons. The van der Waals surface area contributed by atoms with Crippen molar-refractivity contribution in [3.8, 4) is 0 Å². The zero-order chi connectivity index (χ0) is 29.8. The molecular formula is C31H33N3O5S2. The van der Waals surface area contributed by atoms with E-state index in [2.05, 4.69) is 10.0 Å². The molecule has 1 amide bonds.